The van der Waals surface area contributed by atoms with Crippen LogP contribution in [0.2, 0.25) is 0 Å². The van der Waals surface area contributed by atoms with E-state index in [4.69, 9.17) is 0 Å². The summed E-state index contributed by atoms with van der Waals surface area (Å²) < 4.78 is 27.1. The monoisotopic (exact) mass is 436 g/mol. The molecule has 0 saturated carbocycles. The largest absolute Gasteiger partial charge is 0.345 e. The summed E-state index contributed by atoms with van der Waals surface area (Å²) in [5.74, 6) is -0.182. The van der Waals surface area contributed by atoms with E-state index in [2.05, 4.69) is 5.32 Å². The third-order valence-corrected chi connectivity index (χ3v) is 7.26. The van der Waals surface area contributed by atoms with Crippen molar-refractivity contribution in [2.24, 2.45) is 0 Å². The highest BCUT2D eigenvalue weighted by Gasteiger charge is 2.23. The molecule has 0 aliphatic rings. The average molecular weight is 437 g/mol. The van der Waals surface area contributed by atoms with Gasteiger partial charge in [0, 0.05) is 12.6 Å². The molecule has 0 heterocycles. The molecule has 1 N–H and O–H groups in total. The maximum Gasteiger partial charge on any atom is 0.264 e. The summed E-state index contributed by atoms with van der Waals surface area (Å²) in [6.07, 6.45) is 0.770. The lowest BCUT2D eigenvalue weighted by Crippen LogP contribution is -2.29. The van der Waals surface area contributed by atoms with E-state index >= 15 is 0 Å². The van der Waals surface area contributed by atoms with Gasteiger partial charge in [-0.3, -0.25) is 9.10 Å². The number of anilines is 1. The fourth-order valence-electron chi connectivity index (χ4n) is 3.65. The molecule has 0 saturated heterocycles. The van der Waals surface area contributed by atoms with Crippen molar-refractivity contribution >= 4 is 21.6 Å². The molecule has 0 fully saturated rings. The van der Waals surface area contributed by atoms with Crippen molar-refractivity contribution in [2.45, 2.75) is 38.1 Å². The minimum atomic E-state index is -3.68. The fourth-order valence-corrected chi connectivity index (χ4v) is 4.93. The zero-order valence-electron chi connectivity index (χ0n) is 18.3. The number of aryl methyl sites for hydroxylation is 2. The summed E-state index contributed by atoms with van der Waals surface area (Å²) in [5.41, 5.74) is 3.97. The smallest absolute Gasteiger partial charge is 0.264 e. The van der Waals surface area contributed by atoms with E-state index in [1.54, 1.807) is 48.5 Å². The van der Waals surface area contributed by atoms with Crippen molar-refractivity contribution in [1.29, 1.82) is 0 Å². The maximum absolute atomic E-state index is 12.9. The number of amides is 1. The molecule has 162 valence electrons. The topological polar surface area (TPSA) is 66.5 Å². The second kappa shape index (κ2) is 9.35. The van der Waals surface area contributed by atoms with Gasteiger partial charge in [0.2, 0.25) is 0 Å². The molecule has 0 spiro atoms. The van der Waals surface area contributed by atoms with Gasteiger partial charge in [-0.15, -0.1) is 0 Å². The van der Waals surface area contributed by atoms with Gasteiger partial charge < -0.3 is 5.32 Å². The van der Waals surface area contributed by atoms with Gasteiger partial charge in [-0.05, 0) is 67.3 Å². The number of carbonyl (C=O) groups excluding carboxylic acids is 1. The Balaban J connectivity index is 1.83. The molecule has 5 nitrogen and oxygen atoms in total. The third kappa shape index (κ3) is 4.80. The second-order valence-corrected chi connectivity index (χ2v) is 9.55. The van der Waals surface area contributed by atoms with Crippen LogP contribution in [0.1, 0.15) is 46.4 Å². The molecule has 0 aliphatic heterocycles. The molecule has 3 rings (SSSR count). The summed E-state index contributed by atoms with van der Waals surface area (Å²) in [4.78, 5) is 13.1. The number of hydrogen-bond donors (Lipinski definition) is 1. The summed E-state index contributed by atoms with van der Waals surface area (Å²) in [6, 6.07) is 21.3. The van der Waals surface area contributed by atoms with E-state index in [0.29, 0.717) is 16.8 Å². The van der Waals surface area contributed by atoms with E-state index in [9.17, 15) is 13.2 Å². The minimum Gasteiger partial charge on any atom is -0.345 e. The molecule has 31 heavy (non-hydrogen) atoms. The van der Waals surface area contributed by atoms with Crippen LogP contribution >= 0.6 is 0 Å². The number of sulfonamides is 1. The number of nitrogens with zero attached hydrogens (tertiary/aromatic N) is 1. The van der Waals surface area contributed by atoms with Gasteiger partial charge in [-0.2, -0.15) is 0 Å². The highest BCUT2D eigenvalue weighted by molar-refractivity contribution is 7.92. The predicted molar refractivity (Wildman–Crippen MR) is 125 cm³/mol. The van der Waals surface area contributed by atoms with Gasteiger partial charge in [0.15, 0.2) is 0 Å². The van der Waals surface area contributed by atoms with Crippen LogP contribution in [0, 0.1) is 13.8 Å². The zero-order valence-corrected chi connectivity index (χ0v) is 19.1. The first-order valence-electron chi connectivity index (χ1n) is 10.3. The number of hydrogen-bond acceptors (Lipinski definition) is 3. The Morgan fingerprint density at radius 3 is 2.19 bits per heavy atom. The predicted octanol–water partition coefficient (Wildman–Crippen LogP) is 5.01. The van der Waals surface area contributed by atoms with E-state index in [-0.39, 0.29) is 16.8 Å². The standard InChI is InChI=1S/C25H28N2O3S/c1-5-23(22-14-10-9-11-18(22)2)26-25(28)20-15-16-24(19(3)17-20)27(4)31(29,30)21-12-7-6-8-13-21/h6-17,23H,5H2,1-4H3,(H,26,28)/t23-/m1/s1. The van der Waals surface area contributed by atoms with Gasteiger partial charge in [0.25, 0.3) is 15.9 Å². The van der Waals surface area contributed by atoms with E-state index in [1.165, 1.54) is 11.4 Å². The number of nitrogens with one attached hydrogen (secondary N) is 1. The van der Waals surface area contributed by atoms with Crippen molar-refractivity contribution in [3.63, 3.8) is 0 Å². The zero-order chi connectivity index (χ0) is 22.6. The molecule has 0 aliphatic carbocycles. The van der Waals surface area contributed by atoms with E-state index in [0.717, 1.165) is 17.5 Å². The average Bonchev–Trinajstić information content (AvgIpc) is 2.78. The Hall–Kier alpha value is -3.12. The number of carbonyl (C=O) groups is 1. The SMILES string of the molecule is CC[C@@H](NC(=O)c1ccc(N(C)S(=O)(=O)c2ccccc2)c(C)c1)c1ccccc1C. The minimum absolute atomic E-state index is 0.0881. The Bertz CT molecular complexity index is 1170. The first kappa shape index (κ1) is 22.6. The van der Waals surface area contributed by atoms with Crippen LogP contribution in [0.25, 0.3) is 0 Å². The van der Waals surface area contributed by atoms with Crippen molar-refractivity contribution in [3.05, 3.63) is 95.1 Å². The first-order valence-corrected chi connectivity index (χ1v) is 11.7. The van der Waals surface area contributed by atoms with Gasteiger partial charge >= 0.3 is 0 Å². The van der Waals surface area contributed by atoms with Gasteiger partial charge in [0.1, 0.15) is 0 Å². The van der Waals surface area contributed by atoms with Crippen molar-refractivity contribution in [2.75, 3.05) is 11.4 Å². The molecule has 0 aromatic heterocycles. The van der Waals surface area contributed by atoms with Crippen LogP contribution in [0.5, 0.6) is 0 Å². The Kier molecular flexibility index (Phi) is 6.81. The fraction of sp³-hybridized carbons (Fsp3) is 0.240. The van der Waals surface area contributed by atoms with Gasteiger partial charge in [-0.1, -0.05) is 49.4 Å². The molecule has 1 amide bonds. The van der Waals surface area contributed by atoms with Crippen molar-refractivity contribution in [3.8, 4) is 0 Å². The lowest BCUT2D eigenvalue weighted by atomic mass is 9.99. The summed E-state index contributed by atoms with van der Waals surface area (Å²) in [5, 5.41) is 3.10. The Morgan fingerprint density at radius 1 is 0.935 bits per heavy atom. The van der Waals surface area contributed by atoms with Crippen LogP contribution in [0.3, 0.4) is 0 Å². The van der Waals surface area contributed by atoms with Gasteiger partial charge in [-0.25, -0.2) is 8.42 Å². The lowest BCUT2D eigenvalue weighted by Gasteiger charge is -2.23. The molecular formula is C25H28N2O3S. The van der Waals surface area contributed by atoms with Gasteiger partial charge in [0.05, 0.1) is 16.6 Å². The molecule has 6 heteroatoms. The van der Waals surface area contributed by atoms with E-state index in [1.807, 2.05) is 45.0 Å². The Labute approximate surface area is 184 Å². The first-order chi connectivity index (χ1) is 14.8. The van der Waals surface area contributed by atoms with Crippen molar-refractivity contribution < 1.29 is 13.2 Å². The van der Waals surface area contributed by atoms with Crippen LogP contribution in [0.4, 0.5) is 5.69 Å². The lowest BCUT2D eigenvalue weighted by molar-refractivity contribution is 0.0935. The maximum atomic E-state index is 12.9. The quantitative estimate of drug-likeness (QED) is 0.566. The summed E-state index contributed by atoms with van der Waals surface area (Å²) >= 11 is 0. The Morgan fingerprint density at radius 2 is 1.58 bits per heavy atom. The molecule has 0 unspecified atom stereocenters. The van der Waals surface area contributed by atoms with Crippen LogP contribution in [0.15, 0.2) is 77.7 Å². The highest BCUT2D eigenvalue weighted by Crippen LogP contribution is 2.27. The molecule has 1 atom stereocenters. The molecule has 3 aromatic carbocycles. The molecule has 0 radical (unpaired) electrons. The number of rotatable bonds is 7. The van der Waals surface area contributed by atoms with Crippen LogP contribution in [-0.2, 0) is 10.0 Å². The highest BCUT2D eigenvalue weighted by atomic mass is 32.2. The molecular weight excluding hydrogens is 408 g/mol. The van der Waals surface area contributed by atoms with Crippen LogP contribution in [-0.4, -0.2) is 21.4 Å². The number of benzene rings is 3. The normalized spacial score (nSPS) is 12.3. The summed E-state index contributed by atoms with van der Waals surface area (Å²) in [6.45, 7) is 5.88. The molecule has 0 bridgehead atoms. The molecule has 3 aromatic rings. The third-order valence-electron chi connectivity index (χ3n) is 5.48. The summed E-state index contributed by atoms with van der Waals surface area (Å²) in [7, 11) is -2.16. The van der Waals surface area contributed by atoms with Crippen LogP contribution < -0.4 is 9.62 Å². The second-order valence-electron chi connectivity index (χ2n) is 7.58. The van der Waals surface area contributed by atoms with Crippen molar-refractivity contribution in [1.82, 2.24) is 5.32 Å². The van der Waals surface area contributed by atoms with E-state index < -0.39 is 10.0 Å².